The van der Waals surface area contributed by atoms with Gasteiger partial charge >= 0.3 is 11.9 Å². The molecule has 1 heterocycles. The summed E-state index contributed by atoms with van der Waals surface area (Å²) in [4.78, 5) is 20.7. The molecule has 3 N–H and O–H groups in total. The number of carboxylic acid groups (broad SMARTS) is 2. The van der Waals surface area contributed by atoms with Crippen molar-refractivity contribution in [2.45, 2.75) is 25.4 Å². The van der Waals surface area contributed by atoms with E-state index in [-0.39, 0.29) is 0 Å². The van der Waals surface area contributed by atoms with E-state index in [9.17, 15) is 0 Å². The van der Waals surface area contributed by atoms with Crippen LogP contribution < -0.4 is 19.5 Å². The summed E-state index contributed by atoms with van der Waals surface area (Å²) in [5, 5.41) is 18.4. The third-order valence-electron chi connectivity index (χ3n) is 5.12. The third-order valence-corrected chi connectivity index (χ3v) is 5.64. The number of rotatable bonds is 7. The van der Waals surface area contributed by atoms with Crippen LogP contribution in [-0.4, -0.2) is 67.5 Å². The number of piperidine rings is 1. The molecule has 0 saturated carbocycles. The SMILES string of the molecule is COc1cc(CN2CCC(Nc3ccc(Br)cc3)CC2)cc(OC)c1OC.O=C(O)C(=O)O. The number of ether oxygens (including phenoxy) is 3. The number of nitrogens with zero attached hydrogens (tertiary/aromatic N) is 1. The Bertz CT molecular complexity index is 892. The van der Waals surface area contributed by atoms with E-state index in [0.29, 0.717) is 23.3 Å². The number of methoxy groups -OCH3 is 3. The largest absolute Gasteiger partial charge is 0.493 e. The second kappa shape index (κ2) is 12.9. The Kier molecular flexibility index (Phi) is 10.3. The van der Waals surface area contributed by atoms with Gasteiger partial charge in [0.05, 0.1) is 21.3 Å². The number of anilines is 1. The molecule has 2 aromatic rings. The van der Waals surface area contributed by atoms with Crippen LogP contribution in [0.25, 0.3) is 0 Å². The highest BCUT2D eigenvalue weighted by Crippen LogP contribution is 2.38. The van der Waals surface area contributed by atoms with Crippen LogP contribution >= 0.6 is 15.9 Å². The molecule has 1 aliphatic heterocycles. The summed E-state index contributed by atoms with van der Waals surface area (Å²) >= 11 is 3.48. The number of likely N-dealkylation sites (tertiary alicyclic amines) is 1. The first kappa shape index (κ1) is 26.3. The number of hydrogen-bond donors (Lipinski definition) is 3. The zero-order chi connectivity index (χ0) is 24.4. The number of carbonyl (C=O) groups is 2. The molecule has 0 radical (unpaired) electrons. The predicted molar refractivity (Wildman–Crippen MR) is 127 cm³/mol. The minimum atomic E-state index is -1.82. The number of nitrogens with one attached hydrogen (secondary N) is 1. The van der Waals surface area contributed by atoms with Gasteiger partial charge in [0, 0.05) is 35.8 Å². The molecule has 10 heteroatoms. The molecule has 33 heavy (non-hydrogen) atoms. The topological polar surface area (TPSA) is 118 Å². The third kappa shape index (κ3) is 8.14. The van der Waals surface area contributed by atoms with E-state index < -0.39 is 11.9 Å². The Hall–Kier alpha value is -2.98. The Labute approximate surface area is 201 Å². The maximum absolute atomic E-state index is 9.10. The summed E-state index contributed by atoms with van der Waals surface area (Å²) in [6.07, 6.45) is 2.25. The standard InChI is InChI=1S/C21H27BrN2O3.C2H2O4/c1-25-19-12-15(13-20(26-2)21(19)27-3)14-24-10-8-18(9-11-24)23-17-6-4-16(22)5-7-17;3-1(4)2(5)6/h4-7,12-13,18,23H,8-11,14H2,1-3H3;(H,3,4)(H,5,6). The van der Waals surface area contributed by atoms with Gasteiger partial charge in [0.1, 0.15) is 0 Å². The Morgan fingerprint density at radius 1 is 0.970 bits per heavy atom. The van der Waals surface area contributed by atoms with E-state index in [1.807, 2.05) is 12.1 Å². The van der Waals surface area contributed by atoms with Crippen molar-refractivity contribution in [2.75, 3.05) is 39.7 Å². The maximum Gasteiger partial charge on any atom is 0.414 e. The summed E-state index contributed by atoms with van der Waals surface area (Å²) in [6.45, 7) is 3.00. The first-order chi connectivity index (χ1) is 15.8. The summed E-state index contributed by atoms with van der Waals surface area (Å²) in [5.74, 6) is -1.59. The molecule has 9 nitrogen and oxygen atoms in total. The molecule has 0 aliphatic carbocycles. The Balaban J connectivity index is 0.000000569. The lowest BCUT2D eigenvalue weighted by molar-refractivity contribution is -0.159. The van der Waals surface area contributed by atoms with Crippen LogP contribution in [0.15, 0.2) is 40.9 Å². The van der Waals surface area contributed by atoms with E-state index in [0.717, 1.165) is 36.9 Å². The van der Waals surface area contributed by atoms with Gasteiger partial charge in [0.15, 0.2) is 11.5 Å². The molecular formula is C23H29BrN2O7. The van der Waals surface area contributed by atoms with Gasteiger partial charge in [0.2, 0.25) is 5.75 Å². The zero-order valence-corrected chi connectivity index (χ0v) is 20.4. The number of hydrogen-bond acceptors (Lipinski definition) is 7. The van der Waals surface area contributed by atoms with Crippen LogP contribution in [0.5, 0.6) is 17.2 Å². The first-order valence-electron chi connectivity index (χ1n) is 10.3. The van der Waals surface area contributed by atoms with Gasteiger partial charge in [-0.25, -0.2) is 9.59 Å². The van der Waals surface area contributed by atoms with Crippen LogP contribution in [0, 0.1) is 0 Å². The number of aliphatic carboxylic acids is 2. The van der Waals surface area contributed by atoms with Crippen molar-refractivity contribution in [3.05, 3.63) is 46.4 Å². The molecule has 1 saturated heterocycles. The maximum atomic E-state index is 9.10. The minimum absolute atomic E-state index is 0.516. The average molecular weight is 525 g/mol. The fraction of sp³-hybridized carbons (Fsp3) is 0.391. The quantitative estimate of drug-likeness (QED) is 0.465. The first-order valence-corrected chi connectivity index (χ1v) is 11.1. The molecule has 1 aliphatic rings. The van der Waals surface area contributed by atoms with E-state index in [1.54, 1.807) is 21.3 Å². The van der Waals surface area contributed by atoms with Crippen molar-refractivity contribution in [1.29, 1.82) is 0 Å². The fourth-order valence-corrected chi connectivity index (χ4v) is 3.77. The lowest BCUT2D eigenvalue weighted by Gasteiger charge is -2.33. The monoisotopic (exact) mass is 524 g/mol. The van der Waals surface area contributed by atoms with E-state index in [4.69, 9.17) is 34.0 Å². The molecule has 1 fully saturated rings. The van der Waals surface area contributed by atoms with Gasteiger partial charge in [-0.3, -0.25) is 4.90 Å². The van der Waals surface area contributed by atoms with E-state index >= 15 is 0 Å². The molecule has 0 aromatic heterocycles. The lowest BCUT2D eigenvalue weighted by atomic mass is 10.0. The van der Waals surface area contributed by atoms with Crippen molar-refractivity contribution >= 4 is 33.6 Å². The summed E-state index contributed by atoms with van der Waals surface area (Å²) in [6, 6.07) is 13.0. The van der Waals surface area contributed by atoms with Gasteiger partial charge in [-0.2, -0.15) is 0 Å². The van der Waals surface area contributed by atoms with Gasteiger partial charge < -0.3 is 29.7 Å². The average Bonchev–Trinajstić information content (AvgIpc) is 2.81. The van der Waals surface area contributed by atoms with E-state index in [1.165, 1.54) is 11.3 Å². The smallest absolute Gasteiger partial charge is 0.414 e. The van der Waals surface area contributed by atoms with Gasteiger partial charge in [-0.05, 0) is 54.8 Å². The van der Waals surface area contributed by atoms with Crippen LogP contribution in [0.1, 0.15) is 18.4 Å². The Morgan fingerprint density at radius 2 is 1.48 bits per heavy atom. The zero-order valence-electron chi connectivity index (χ0n) is 18.8. The number of halogens is 1. The van der Waals surface area contributed by atoms with Gasteiger partial charge in [-0.1, -0.05) is 15.9 Å². The fourth-order valence-electron chi connectivity index (χ4n) is 3.50. The molecule has 2 aromatic carbocycles. The number of benzene rings is 2. The van der Waals surface area contributed by atoms with Gasteiger partial charge in [0.25, 0.3) is 0 Å². The van der Waals surface area contributed by atoms with Gasteiger partial charge in [-0.15, -0.1) is 0 Å². The predicted octanol–water partition coefficient (Wildman–Crippen LogP) is 3.71. The van der Waals surface area contributed by atoms with E-state index in [2.05, 4.69) is 50.4 Å². The normalized spacial score (nSPS) is 13.9. The second-order valence-corrected chi connectivity index (χ2v) is 8.26. The van der Waals surface area contributed by atoms with Crippen LogP contribution in [0.2, 0.25) is 0 Å². The molecule has 0 unspecified atom stereocenters. The summed E-state index contributed by atoms with van der Waals surface area (Å²) in [5.41, 5.74) is 2.35. The van der Waals surface area contributed by atoms with Crippen molar-refractivity contribution in [3.63, 3.8) is 0 Å². The lowest BCUT2D eigenvalue weighted by Crippen LogP contribution is -2.38. The van der Waals surface area contributed by atoms with Crippen LogP contribution in [-0.2, 0) is 16.1 Å². The van der Waals surface area contributed by atoms with Crippen molar-refractivity contribution < 1.29 is 34.0 Å². The molecular weight excluding hydrogens is 496 g/mol. The van der Waals surface area contributed by atoms with Crippen molar-refractivity contribution in [2.24, 2.45) is 0 Å². The molecule has 180 valence electrons. The highest BCUT2D eigenvalue weighted by Gasteiger charge is 2.21. The Morgan fingerprint density at radius 3 is 1.91 bits per heavy atom. The highest BCUT2D eigenvalue weighted by atomic mass is 79.9. The summed E-state index contributed by atoms with van der Waals surface area (Å²) in [7, 11) is 4.93. The molecule has 0 atom stereocenters. The summed E-state index contributed by atoms with van der Waals surface area (Å²) < 4.78 is 17.4. The number of carboxylic acids is 2. The molecule has 0 bridgehead atoms. The van der Waals surface area contributed by atoms with Crippen LogP contribution in [0.3, 0.4) is 0 Å². The molecule has 0 spiro atoms. The molecule has 0 amide bonds. The van der Waals surface area contributed by atoms with Crippen molar-refractivity contribution in [3.8, 4) is 17.2 Å². The highest BCUT2D eigenvalue weighted by molar-refractivity contribution is 9.10. The second-order valence-electron chi connectivity index (χ2n) is 7.35. The molecule has 3 rings (SSSR count). The van der Waals surface area contributed by atoms with Crippen LogP contribution in [0.4, 0.5) is 5.69 Å². The minimum Gasteiger partial charge on any atom is -0.493 e. The van der Waals surface area contributed by atoms with Crippen molar-refractivity contribution in [1.82, 2.24) is 4.90 Å².